The van der Waals surface area contributed by atoms with Gasteiger partial charge in [-0.25, -0.2) is 8.42 Å². The van der Waals surface area contributed by atoms with E-state index < -0.39 is 15.6 Å². The van der Waals surface area contributed by atoms with Gasteiger partial charge in [0.2, 0.25) is 9.84 Å². The van der Waals surface area contributed by atoms with Crippen molar-refractivity contribution in [3.05, 3.63) is 24.3 Å². The lowest BCUT2D eigenvalue weighted by atomic mass is 10.1. The number of halogens is 3. The number of alkyl halides is 3. The van der Waals surface area contributed by atoms with Crippen molar-refractivity contribution in [1.82, 2.24) is 0 Å². The molecule has 0 aliphatic carbocycles. The molecule has 0 saturated heterocycles. The Morgan fingerprint density at radius 1 is 1.26 bits per heavy atom. The summed E-state index contributed by atoms with van der Waals surface area (Å²) in [6.45, 7) is 2.00. The second kappa shape index (κ2) is 7.05. The standard InChI is InChI=1S/C12H16ClF2NO2S/c1-2-9(7-8-13)16-10-3-5-11(6-4-10)19(17,18)12(14)15/h3-6,9,12,16H,2,7-8H2,1H3. The topological polar surface area (TPSA) is 46.2 Å². The van der Waals surface area contributed by atoms with Gasteiger partial charge in [-0.3, -0.25) is 0 Å². The molecule has 0 aromatic heterocycles. The minimum absolute atomic E-state index is 0.176. The number of nitrogens with one attached hydrogen (secondary N) is 1. The smallest absolute Gasteiger partial charge is 0.341 e. The molecule has 1 rings (SSSR count). The van der Waals surface area contributed by atoms with Crippen molar-refractivity contribution in [2.75, 3.05) is 11.2 Å². The van der Waals surface area contributed by atoms with E-state index in [9.17, 15) is 17.2 Å². The maximum absolute atomic E-state index is 12.3. The Morgan fingerprint density at radius 2 is 1.84 bits per heavy atom. The highest BCUT2D eigenvalue weighted by molar-refractivity contribution is 7.91. The summed E-state index contributed by atoms with van der Waals surface area (Å²) in [6.07, 6.45) is 1.64. The molecule has 1 N–H and O–H groups in total. The van der Waals surface area contributed by atoms with Crippen LogP contribution in [0.3, 0.4) is 0 Å². The fraction of sp³-hybridized carbons (Fsp3) is 0.500. The predicted molar refractivity (Wildman–Crippen MR) is 72.7 cm³/mol. The van der Waals surface area contributed by atoms with Crippen LogP contribution in [-0.2, 0) is 9.84 Å². The second-order valence-corrected chi connectivity index (χ2v) is 6.35. The zero-order valence-corrected chi connectivity index (χ0v) is 12.0. The van der Waals surface area contributed by atoms with E-state index in [2.05, 4.69) is 5.32 Å². The first-order valence-corrected chi connectivity index (χ1v) is 7.94. The van der Waals surface area contributed by atoms with Crippen LogP contribution < -0.4 is 5.32 Å². The first-order chi connectivity index (χ1) is 8.91. The van der Waals surface area contributed by atoms with Gasteiger partial charge >= 0.3 is 5.76 Å². The molecule has 0 aliphatic heterocycles. The lowest BCUT2D eigenvalue weighted by Gasteiger charge is -2.17. The number of benzene rings is 1. The number of rotatable bonds is 7. The molecule has 0 saturated carbocycles. The van der Waals surface area contributed by atoms with Gasteiger partial charge in [0, 0.05) is 17.6 Å². The highest BCUT2D eigenvalue weighted by atomic mass is 35.5. The molecule has 0 bridgehead atoms. The molecular weight excluding hydrogens is 296 g/mol. The summed E-state index contributed by atoms with van der Waals surface area (Å²) in [5, 5.41) is 3.17. The second-order valence-electron chi connectivity index (χ2n) is 4.06. The number of sulfone groups is 1. The lowest BCUT2D eigenvalue weighted by molar-refractivity contribution is 0.234. The minimum Gasteiger partial charge on any atom is -0.382 e. The highest BCUT2D eigenvalue weighted by Gasteiger charge is 2.26. The first kappa shape index (κ1) is 16.2. The Morgan fingerprint density at radius 3 is 2.26 bits per heavy atom. The van der Waals surface area contributed by atoms with E-state index in [-0.39, 0.29) is 10.9 Å². The molecule has 1 aromatic rings. The van der Waals surface area contributed by atoms with Crippen molar-refractivity contribution in [2.24, 2.45) is 0 Å². The number of hydrogen-bond acceptors (Lipinski definition) is 3. The average molecular weight is 312 g/mol. The van der Waals surface area contributed by atoms with Gasteiger partial charge in [0.25, 0.3) is 0 Å². The Hall–Kier alpha value is -0.880. The van der Waals surface area contributed by atoms with Crippen molar-refractivity contribution in [3.8, 4) is 0 Å². The SMILES string of the molecule is CCC(CCCl)Nc1ccc(S(=O)(=O)C(F)F)cc1. The summed E-state index contributed by atoms with van der Waals surface area (Å²) in [7, 11) is -4.52. The van der Waals surface area contributed by atoms with E-state index in [1.807, 2.05) is 6.92 Å². The molecule has 1 aromatic carbocycles. The van der Waals surface area contributed by atoms with Crippen molar-refractivity contribution in [3.63, 3.8) is 0 Å². The third-order valence-electron chi connectivity index (χ3n) is 2.74. The zero-order chi connectivity index (χ0) is 14.5. The third kappa shape index (κ3) is 4.31. The van der Waals surface area contributed by atoms with E-state index in [0.717, 1.165) is 12.8 Å². The van der Waals surface area contributed by atoms with Gasteiger partial charge in [0.15, 0.2) is 0 Å². The van der Waals surface area contributed by atoms with E-state index in [1.165, 1.54) is 24.3 Å². The van der Waals surface area contributed by atoms with Gasteiger partial charge in [0.05, 0.1) is 4.90 Å². The van der Waals surface area contributed by atoms with Gasteiger partial charge in [0.1, 0.15) is 0 Å². The Bertz CT molecular complexity index is 491. The van der Waals surface area contributed by atoms with Crippen LogP contribution in [0.5, 0.6) is 0 Å². The largest absolute Gasteiger partial charge is 0.382 e. The summed E-state index contributed by atoms with van der Waals surface area (Å²) in [4.78, 5) is -0.376. The minimum atomic E-state index is -4.52. The van der Waals surface area contributed by atoms with Crippen LogP contribution in [0.15, 0.2) is 29.2 Å². The van der Waals surface area contributed by atoms with Crippen LogP contribution in [0.2, 0.25) is 0 Å². The van der Waals surface area contributed by atoms with Crippen LogP contribution in [0.4, 0.5) is 14.5 Å². The highest BCUT2D eigenvalue weighted by Crippen LogP contribution is 2.21. The molecular formula is C12H16ClF2NO2S. The van der Waals surface area contributed by atoms with Crippen molar-refractivity contribution in [1.29, 1.82) is 0 Å². The summed E-state index contributed by atoms with van der Waals surface area (Å²) in [6, 6.07) is 5.49. The molecule has 0 aliphatic rings. The lowest BCUT2D eigenvalue weighted by Crippen LogP contribution is -2.19. The summed E-state index contributed by atoms with van der Waals surface area (Å²) < 4.78 is 47.2. The molecule has 1 unspecified atom stereocenters. The van der Waals surface area contributed by atoms with Gasteiger partial charge in [-0.1, -0.05) is 6.92 Å². The molecule has 7 heteroatoms. The first-order valence-electron chi connectivity index (χ1n) is 5.86. The third-order valence-corrected chi connectivity index (χ3v) is 4.36. The molecule has 1 atom stereocenters. The maximum atomic E-state index is 12.3. The Balaban J connectivity index is 2.82. The molecule has 3 nitrogen and oxygen atoms in total. The molecule has 0 heterocycles. The summed E-state index contributed by atoms with van der Waals surface area (Å²) >= 11 is 5.66. The van der Waals surface area contributed by atoms with Gasteiger partial charge in [-0.15, -0.1) is 11.6 Å². The monoisotopic (exact) mass is 311 g/mol. The van der Waals surface area contributed by atoms with Gasteiger partial charge < -0.3 is 5.32 Å². The van der Waals surface area contributed by atoms with Gasteiger partial charge in [-0.05, 0) is 37.1 Å². The van der Waals surface area contributed by atoms with Gasteiger partial charge in [-0.2, -0.15) is 8.78 Å². The van der Waals surface area contributed by atoms with Crippen LogP contribution in [-0.4, -0.2) is 26.1 Å². The number of anilines is 1. The zero-order valence-electron chi connectivity index (χ0n) is 10.4. The fourth-order valence-electron chi connectivity index (χ4n) is 1.59. The molecule has 0 spiro atoms. The van der Waals surface area contributed by atoms with E-state index in [4.69, 9.17) is 11.6 Å². The maximum Gasteiger partial charge on any atom is 0.341 e. The summed E-state index contributed by atoms with van der Waals surface area (Å²) in [5.41, 5.74) is 0.685. The Kier molecular flexibility index (Phi) is 6.00. The van der Waals surface area contributed by atoms with Crippen molar-refractivity contribution < 1.29 is 17.2 Å². The normalized spacial score (nSPS) is 13.5. The van der Waals surface area contributed by atoms with Crippen LogP contribution in [0, 0.1) is 0 Å². The molecule has 108 valence electrons. The predicted octanol–water partition coefficient (Wildman–Crippen LogP) is 3.50. The van der Waals surface area contributed by atoms with Crippen LogP contribution in [0.1, 0.15) is 19.8 Å². The summed E-state index contributed by atoms with van der Waals surface area (Å²) in [5.74, 6) is -2.88. The fourth-order valence-corrected chi connectivity index (χ4v) is 2.57. The van der Waals surface area contributed by atoms with E-state index in [1.54, 1.807) is 0 Å². The Labute approximate surface area is 116 Å². The van der Waals surface area contributed by atoms with E-state index >= 15 is 0 Å². The average Bonchev–Trinajstić information content (AvgIpc) is 2.38. The van der Waals surface area contributed by atoms with Crippen molar-refractivity contribution >= 4 is 27.1 Å². The molecule has 0 amide bonds. The van der Waals surface area contributed by atoms with Crippen LogP contribution >= 0.6 is 11.6 Å². The molecule has 0 radical (unpaired) electrons. The van der Waals surface area contributed by atoms with E-state index in [0.29, 0.717) is 11.6 Å². The van der Waals surface area contributed by atoms with Crippen molar-refractivity contribution in [2.45, 2.75) is 36.5 Å². The quantitative estimate of drug-likeness (QED) is 0.784. The number of hydrogen-bond donors (Lipinski definition) is 1. The molecule has 0 fully saturated rings. The van der Waals surface area contributed by atoms with Crippen LogP contribution in [0.25, 0.3) is 0 Å². The molecule has 19 heavy (non-hydrogen) atoms.